The summed E-state index contributed by atoms with van der Waals surface area (Å²) in [5.41, 5.74) is 1.30. The first-order valence-corrected chi connectivity index (χ1v) is 6.03. The molecule has 0 aliphatic rings. The molecule has 19 heavy (non-hydrogen) atoms. The smallest absolute Gasteiger partial charge is 0.161 e. The van der Waals surface area contributed by atoms with Gasteiger partial charge in [0, 0.05) is 24.4 Å². The largest absolute Gasteiger partial charge is 0.373 e. The summed E-state index contributed by atoms with van der Waals surface area (Å²) in [6.45, 7) is 4.02. The Morgan fingerprint density at radius 2 is 1.79 bits per heavy atom. The molecule has 0 saturated carbocycles. The Kier molecular flexibility index (Phi) is 3.74. The van der Waals surface area contributed by atoms with Crippen molar-refractivity contribution in [2.75, 3.05) is 12.4 Å². The molecule has 0 spiro atoms. The highest BCUT2D eigenvalue weighted by atomic mass is 19.2. The predicted molar refractivity (Wildman–Crippen MR) is 71.0 cm³/mol. The fraction of sp³-hybridized carbons (Fsp3) is 0.286. The van der Waals surface area contributed by atoms with E-state index >= 15 is 0 Å². The van der Waals surface area contributed by atoms with Crippen molar-refractivity contribution < 1.29 is 8.78 Å². The van der Waals surface area contributed by atoms with Crippen LogP contribution in [-0.4, -0.2) is 17.0 Å². The summed E-state index contributed by atoms with van der Waals surface area (Å²) < 4.78 is 26.2. The van der Waals surface area contributed by atoms with Gasteiger partial charge in [0.05, 0.1) is 0 Å². The lowest BCUT2D eigenvalue weighted by Gasteiger charge is -2.10. The molecule has 0 amide bonds. The summed E-state index contributed by atoms with van der Waals surface area (Å²) in [6, 6.07) is 5.49. The zero-order chi connectivity index (χ0) is 14.0. The van der Waals surface area contributed by atoms with E-state index in [1.807, 2.05) is 19.9 Å². The highest BCUT2D eigenvalue weighted by Gasteiger charge is 2.11. The van der Waals surface area contributed by atoms with Crippen molar-refractivity contribution in [3.8, 4) is 11.4 Å². The van der Waals surface area contributed by atoms with E-state index in [0.29, 0.717) is 17.2 Å². The fourth-order valence-corrected chi connectivity index (χ4v) is 1.65. The summed E-state index contributed by atoms with van der Waals surface area (Å²) >= 11 is 0. The zero-order valence-corrected chi connectivity index (χ0v) is 11.0. The first-order valence-electron chi connectivity index (χ1n) is 6.03. The first-order chi connectivity index (χ1) is 9.01. The van der Waals surface area contributed by atoms with E-state index in [2.05, 4.69) is 15.3 Å². The fourth-order valence-electron chi connectivity index (χ4n) is 1.65. The SMILES string of the molecule is CNc1cc(C(C)C)nc(-c2ccc(F)c(F)c2)n1. The summed E-state index contributed by atoms with van der Waals surface area (Å²) in [5, 5.41) is 2.94. The second-order valence-electron chi connectivity index (χ2n) is 4.54. The van der Waals surface area contributed by atoms with E-state index in [1.165, 1.54) is 6.07 Å². The van der Waals surface area contributed by atoms with Crippen molar-refractivity contribution >= 4 is 5.82 Å². The summed E-state index contributed by atoms with van der Waals surface area (Å²) in [6.07, 6.45) is 0. The van der Waals surface area contributed by atoms with Crippen LogP contribution in [0, 0.1) is 11.6 Å². The lowest BCUT2D eigenvalue weighted by molar-refractivity contribution is 0.509. The molecular formula is C14H15F2N3. The van der Waals surface area contributed by atoms with Crippen molar-refractivity contribution in [3.63, 3.8) is 0 Å². The zero-order valence-electron chi connectivity index (χ0n) is 11.0. The lowest BCUT2D eigenvalue weighted by atomic mass is 10.1. The Balaban J connectivity index is 2.54. The molecule has 1 N–H and O–H groups in total. The number of hydrogen-bond acceptors (Lipinski definition) is 3. The van der Waals surface area contributed by atoms with Crippen LogP contribution in [0.5, 0.6) is 0 Å². The second kappa shape index (κ2) is 5.30. The molecule has 2 rings (SSSR count). The molecule has 0 unspecified atom stereocenters. The molecule has 100 valence electrons. The van der Waals surface area contributed by atoms with Gasteiger partial charge in [-0.25, -0.2) is 18.7 Å². The number of benzene rings is 1. The molecule has 1 heterocycles. The van der Waals surface area contributed by atoms with Gasteiger partial charge in [-0.3, -0.25) is 0 Å². The van der Waals surface area contributed by atoms with Gasteiger partial charge in [-0.2, -0.15) is 0 Å². The minimum absolute atomic E-state index is 0.221. The van der Waals surface area contributed by atoms with E-state index in [4.69, 9.17) is 0 Å². The maximum Gasteiger partial charge on any atom is 0.161 e. The summed E-state index contributed by atoms with van der Waals surface area (Å²) in [4.78, 5) is 8.65. The topological polar surface area (TPSA) is 37.8 Å². The first kappa shape index (κ1) is 13.4. The Morgan fingerprint density at radius 3 is 2.37 bits per heavy atom. The predicted octanol–water partition coefficient (Wildman–Crippen LogP) is 3.59. The van der Waals surface area contributed by atoms with Crippen LogP contribution in [0.15, 0.2) is 24.3 Å². The molecule has 0 atom stereocenters. The Labute approximate surface area is 110 Å². The standard InChI is InChI=1S/C14H15F2N3/c1-8(2)12-7-13(17-3)19-14(18-12)9-4-5-10(15)11(16)6-9/h4-8H,1-3H3,(H,17,18,19). The molecule has 3 nitrogen and oxygen atoms in total. The number of hydrogen-bond donors (Lipinski definition) is 1. The average molecular weight is 263 g/mol. The van der Waals surface area contributed by atoms with Crippen LogP contribution in [0.25, 0.3) is 11.4 Å². The van der Waals surface area contributed by atoms with Gasteiger partial charge in [0.15, 0.2) is 17.5 Å². The van der Waals surface area contributed by atoms with Gasteiger partial charge in [0.1, 0.15) is 5.82 Å². The van der Waals surface area contributed by atoms with E-state index in [9.17, 15) is 8.78 Å². The molecule has 1 aromatic heterocycles. The Bertz CT molecular complexity index is 597. The maximum atomic E-state index is 13.3. The third-order valence-corrected chi connectivity index (χ3v) is 2.77. The van der Waals surface area contributed by atoms with Gasteiger partial charge in [-0.15, -0.1) is 0 Å². The molecule has 0 bridgehead atoms. The minimum Gasteiger partial charge on any atom is -0.373 e. The van der Waals surface area contributed by atoms with Gasteiger partial charge in [-0.1, -0.05) is 13.8 Å². The molecule has 0 fully saturated rings. The number of nitrogens with one attached hydrogen (secondary N) is 1. The van der Waals surface area contributed by atoms with E-state index in [-0.39, 0.29) is 5.92 Å². The van der Waals surface area contributed by atoms with Gasteiger partial charge in [-0.05, 0) is 24.1 Å². The van der Waals surface area contributed by atoms with Crippen LogP contribution < -0.4 is 5.32 Å². The summed E-state index contributed by atoms with van der Waals surface area (Å²) in [7, 11) is 1.75. The highest BCUT2D eigenvalue weighted by molar-refractivity contribution is 5.57. The molecule has 2 aromatic rings. The quantitative estimate of drug-likeness (QED) is 0.919. The van der Waals surface area contributed by atoms with Gasteiger partial charge in [0.2, 0.25) is 0 Å². The number of nitrogens with zero attached hydrogens (tertiary/aromatic N) is 2. The second-order valence-corrected chi connectivity index (χ2v) is 4.54. The normalized spacial score (nSPS) is 10.8. The molecule has 1 aromatic carbocycles. The third kappa shape index (κ3) is 2.86. The Morgan fingerprint density at radius 1 is 1.05 bits per heavy atom. The van der Waals surface area contributed by atoms with E-state index < -0.39 is 11.6 Å². The third-order valence-electron chi connectivity index (χ3n) is 2.77. The molecule has 0 radical (unpaired) electrons. The van der Waals surface area contributed by atoms with Crippen LogP contribution in [0.1, 0.15) is 25.5 Å². The number of halogens is 2. The molecule has 5 heteroatoms. The summed E-state index contributed by atoms with van der Waals surface area (Å²) in [5.74, 6) is -0.522. The van der Waals surface area contributed by atoms with Crippen LogP contribution in [0.2, 0.25) is 0 Å². The van der Waals surface area contributed by atoms with Crippen molar-refractivity contribution in [3.05, 3.63) is 41.6 Å². The van der Waals surface area contributed by atoms with Crippen LogP contribution in [-0.2, 0) is 0 Å². The van der Waals surface area contributed by atoms with E-state index in [0.717, 1.165) is 17.8 Å². The number of rotatable bonds is 3. The monoisotopic (exact) mass is 263 g/mol. The number of aromatic nitrogens is 2. The van der Waals surface area contributed by atoms with Crippen LogP contribution >= 0.6 is 0 Å². The van der Waals surface area contributed by atoms with Crippen molar-refractivity contribution in [1.29, 1.82) is 0 Å². The maximum absolute atomic E-state index is 13.3. The lowest BCUT2D eigenvalue weighted by Crippen LogP contribution is -2.02. The average Bonchev–Trinajstić information content (AvgIpc) is 2.41. The van der Waals surface area contributed by atoms with Crippen LogP contribution in [0.3, 0.4) is 0 Å². The molecule has 0 aliphatic heterocycles. The Hall–Kier alpha value is -2.04. The molecule has 0 saturated heterocycles. The van der Waals surface area contributed by atoms with Crippen molar-refractivity contribution in [2.45, 2.75) is 19.8 Å². The van der Waals surface area contributed by atoms with E-state index in [1.54, 1.807) is 7.05 Å². The van der Waals surface area contributed by atoms with Gasteiger partial charge in [0.25, 0.3) is 0 Å². The minimum atomic E-state index is -0.901. The highest BCUT2D eigenvalue weighted by Crippen LogP contribution is 2.23. The molecule has 0 aliphatic carbocycles. The van der Waals surface area contributed by atoms with Crippen LogP contribution in [0.4, 0.5) is 14.6 Å². The van der Waals surface area contributed by atoms with Crippen molar-refractivity contribution in [2.24, 2.45) is 0 Å². The van der Waals surface area contributed by atoms with Gasteiger partial charge >= 0.3 is 0 Å². The molecular weight excluding hydrogens is 248 g/mol. The number of anilines is 1. The van der Waals surface area contributed by atoms with Crippen molar-refractivity contribution in [1.82, 2.24) is 9.97 Å². The van der Waals surface area contributed by atoms with Gasteiger partial charge < -0.3 is 5.32 Å².